The van der Waals surface area contributed by atoms with Crippen molar-refractivity contribution in [3.8, 4) is 11.5 Å². The van der Waals surface area contributed by atoms with Gasteiger partial charge in [0.1, 0.15) is 0 Å². The fourth-order valence-corrected chi connectivity index (χ4v) is 3.34. The highest BCUT2D eigenvalue weighted by molar-refractivity contribution is 14.0. The van der Waals surface area contributed by atoms with E-state index in [1.165, 1.54) is 16.8 Å². The zero-order valence-electron chi connectivity index (χ0n) is 16.6. The first-order valence-electron chi connectivity index (χ1n) is 9.64. The number of hydrogen-bond acceptors (Lipinski definition) is 4. The molecule has 154 valence electrons. The quantitative estimate of drug-likeness (QED) is 0.273. The van der Waals surface area contributed by atoms with Gasteiger partial charge in [-0.15, -0.1) is 24.0 Å². The summed E-state index contributed by atoms with van der Waals surface area (Å²) in [4.78, 5) is 6.65. The van der Waals surface area contributed by atoms with Crippen molar-refractivity contribution in [1.82, 2.24) is 10.6 Å². The van der Waals surface area contributed by atoms with Gasteiger partial charge in [-0.1, -0.05) is 30.4 Å². The molecule has 2 N–H and O–H groups in total. The van der Waals surface area contributed by atoms with Crippen molar-refractivity contribution >= 4 is 35.6 Å². The highest BCUT2D eigenvalue weighted by atomic mass is 127. The van der Waals surface area contributed by atoms with E-state index in [4.69, 9.17) is 9.47 Å². The monoisotopic (exact) mass is 506 g/mol. The van der Waals surface area contributed by atoms with E-state index in [2.05, 4.69) is 63.0 Å². The molecule has 29 heavy (non-hydrogen) atoms. The number of benzene rings is 2. The van der Waals surface area contributed by atoms with Crippen molar-refractivity contribution in [1.29, 1.82) is 0 Å². The Morgan fingerprint density at radius 3 is 2.45 bits per heavy atom. The van der Waals surface area contributed by atoms with E-state index in [1.807, 2.05) is 12.1 Å². The van der Waals surface area contributed by atoms with Crippen LogP contribution in [0, 0.1) is 0 Å². The van der Waals surface area contributed by atoms with E-state index in [0.717, 1.165) is 50.1 Å². The number of hydrogen-bond donors (Lipinski definition) is 2. The molecule has 0 unspecified atom stereocenters. The van der Waals surface area contributed by atoms with Gasteiger partial charge >= 0.3 is 0 Å². The third-order valence-electron chi connectivity index (χ3n) is 4.95. The topological polar surface area (TPSA) is 58.1 Å². The van der Waals surface area contributed by atoms with Gasteiger partial charge in [-0.2, -0.15) is 0 Å². The molecule has 0 amide bonds. The molecule has 2 aliphatic rings. The van der Waals surface area contributed by atoms with Crippen LogP contribution in [0.2, 0.25) is 0 Å². The van der Waals surface area contributed by atoms with Crippen LogP contribution in [0.5, 0.6) is 11.5 Å². The van der Waals surface area contributed by atoms with Gasteiger partial charge < -0.3 is 25.0 Å². The van der Waals surface area contributed by atoms with Crippen LogP contribution in [0.25, 0.3) is 0 Å². The van der Waals surface area contributed by atoms with Crippen LogP contribution >= 0.6 is 24.0 Å². The first-order valence-corrected chi connectivity index (χ1v) is 9.64. The number of nitrogens with one attached hydrogen (secondary N) is 2. The van der Waals surface area contributed by atoms with Crippen LogP contribution in [0.3, 0.4) is 0 Å². The average Bonchev–Trinajstić information content (AvgIpc) is 3.42. The van der Waals surface area contributed by atoms with E-state index in [-0.39, 0.29) is 24.0 Å². The Hall–Kier alpha value is -2.42. The first-order chi connectivity index (χ1) is 13.8. The normalized spacial score (nSPS) is 14.7. The molecule has 0 saturated carbocycles. The Bertz CT molecular complexity index is 860. The molecule has 2 heterocycles. The summed E-state index contributed by atoms with van der Waals surface area (Å²) >= 11 is 0. The van der Waals surface area contributed by atoms with Crippen LogP contribution in [0.4, 0.5) is 5.69 Å². The number of ether oxygens (including phenoxy) is 2. The van der Waals surface area contributed by atoms with E-state index in [1.54, 1.807) is 7.05 Å². The lowest BCUT2D eigenvalue weighted by atomic mass is 10.1. The molecule has 4 rings (SSSR count). The van der Waals surface area contributed by atoms with Gasteiger partial charge in [-0.25, -0.2) is 0 Å². The summed E-state index contributed by atoms with van der Waals surface area (Å²) in [5.74, 6) is 2.45. The fourth-order valence-electron chi connectivity index (χ4n) is 3.34. The van der Waals surface area contributed by atoms with Gasteiger partial charge in [0.25, 0.3) is 0 Å². The van der Waals surface area contributed by atoms with Gasteiger partial charge in [0, 0.05) is 38.9 Å². The second kappa shape index (κ2) is 10.4. The minimum Gasteiger partial charge on any atom is -0.454 e. The van der Waals surface area contributed by atoms with Crippen LogP contribution in [0.1, 0.15) is 11.1 Å². The maximum atomic E-state index is 5.43. The largest absolute Gasteiger partial charge is 0.454 e. The predicted octanol–water partition coefficient (Wildman–Crippen LogP) is 3.32. The van der Waals surface area contributed by atoms with Crippen molar-refractivity contribution < 1.29 is 9.47 Å². The molecule has 0 atom stereocenters. The van der Waals surface area contributed by atoms with Crippen molar-refractivity contribution in [2.24, 2.45) is 4.99 Å². The lowest BCUT2D eigenvalue weighted by Gasteiger charge is -2.18. The van der Waals surface area contributed by atoms with E-state index in [9.17, 15) is 0 Å². The van der Waals surface area contributed by atoms with Gasteiger partial charge in [0.2, 0.25) is 6.79 Å². The second-order valence-electron chi connectivity index (χ2n) is 6.83. The molecular formula is C22H27IN4O2. The van der Waals surface area contributed by atoms with Gasteiger partial charge in [0.05, 0.1) is 0 Å². The summed E-state index contributed by atoms with van der Waals surface area (Å²) in [7, 11) is 1.79. The molecule has 0 aliphatic carbocycles. The molecular weight excluding hydrogens is 479 g/mol. The Morgan fingerprint density at radius 2 is 1.69 bits per heavy atom. The molecule has 6 nitrogen and oxygen atoms in total. The molecule has 7 heteroatoms. The molecule has 0 fully saturated rings. The molecule has 2 aliphatic heterocycles. The summed E-state index contributed by atoms with van der Waals surface area (Å²) in [6, 6.07) is 14.8. The number of aliphatic imine (C=N–C) groups is 1. The Balaban J connectivity index is 0.00000240. The van der Waals surface area contributed by atoms with Crippen molar-refractivity contribution in [3.05, 3.63) is 65.7 Å². The zero-order chi connectivity index (χ0) is 19.2. The lowest BCUT2D eigenvalue weighted by molar-refractivity contribution is 0.174. The van der Waals surface area contributed by atoms with E-state index >= 15 is 0 Å². The maximum absolute atomic E-state index is 5.43. The van der Waals surface area contributed by atoms with Crippen LogP contribution < -0.4 is 25.0 Å². The molecule has 2 aromatic carbocycles. The zero-order valence-corrected chi connectivity index (χ0v) is 18.9. The Kier molecular flexibility index (Phi) is 7.62. The number of anilines is 1. The Labute approximate surface area is 189 Å². The molecule has 0 radical (unpaired) electrons. The van der Waals surface area contributed by atoms with Gasteiger partial charge in [0.15, 0.2) is 17.5 Å². The minimum atomic E-state index is 0. The number of halogens is 1. The highest BCUT2D eigenvalue weighted by Crippen LogP contribution is 2.32. The third kappa shape index (κ3) is 5.56. The van der Waals surface area contributed by atoms with Crippen molar-refractivity contribution in [3.63, 3.8) is 0 Å². The summed E-state index contributed by atoms with van der Waals surface area (Å²) < 4.78 is 10.8. The molecule has 0 aromatic heterocycles. The predicted molar refractivity (Wildman–Crippen MR) is 128 cm³/mol. The molecule has 0 saturated heterocycles. The van der Waals surface area contributed by atoms with Crippen molar-refractivity contribution in [2.75, 3.05) is 38.4 Å². The van der Waals surface area contributed by atoms with Gasteiger partial charge in [-0.05, 0) is 41.8 Å². The standard InChI is InChI=1S/C22H26N4O2.HI/c1-23-22(24-11-10-17-6-9-20-21(14-17)28-16-27-20)25-15-18-4-7-19(8-5-18)26-12-2-3-13-26;/h2-9,14H,10-13,15-16H2,1H3,(H2,23,24,25);1H. The summed E-state index contributed by atoms with van der Waals surface area (Å²) in [5.41, 5.74) is 3.70. The van der Waals surface area contributed by atoms with Gasteiger partial charge in [-0.3, -0.25) is 4.99 Å². The average molecular weight is 506 g/mol. The number of guanidine groups is 1. The molecule has 0 bridgehead atoms. The molecule has 2 aromatic rings. The van der Waals surface area contributed by atoms with E-state index < -0.39 is 0 Å². The van der Waals surface area contributed by atoms with Crippen LogP contribution in [-0.2, 0) is 13.0 Å². The molecule has 0 spiro atoms. The van der Waals surface area contributed by atoms with Crippen LogP contribution in [-0.4, -0.2) is 39.4 Å². The summed E-state index contributed by atoms with van der Waals surface area (Å²) in [6.45, 7) is 3.83. The van der Waals surface area contributed by atoms with Crippen molar-refractivity contribution in [2.45, 2.75) is 13.0 Å². The first kappa shape index (κ1) is 21.3. The fraction of sp³-hybridized carbons (Fsp3) is 0.318. The minimum absolute atomic E-state index is 0. The highest BCUT2D eigenvalue weighted by Gasteiger charge is 2.13. The number of nitrogens with zero attached hydrogens (tertiary/aromatic N) is 2. The smallest absolute Gasteiger partial charge is 0.231 e. The van der Waals surface area contributed by atoms with Crippen LogP contribution in [0.15, 0.2) is 59.6 Å². The van der Waals surface area contributed by atoms with E-state index in [0.29, 0.717) is 6.79 Å². The third-order valence-corrected chi connectivity index (χ3v) is 4.95. The second-order valence-corrected chi connectivity index (χ2v) is 6.83. The lowest BCUT2D eigenvalue weighted by Crippen LogP contribution is -2.37. The maximum Gasteiger partial charge on any atom is 0.231 e. The summed E-state index contributed by atoms with van der Waals surface area (Å²) in [6.07, 6.45) is 5.29. The summed E-state index contributed by atoms with van der Waals surface area (Å²) in [5, 5.41) is 6.73. The number of fused-ring (bicyclic) bond motifs is 1. The Morgan fingerprint density at radius 1 is 0.966 bits per heavy atom. The number of rotatable bonds is 6. The SMILES string of the molecule is CN=C(NCCc1ccc2c(c1)OCO2)NCc1ccc(N2CC=CC2)cc1.I.